The molecule has 2 atom stereocenters. The van der Waals surface area contributed by atoms with Crippen molar-refractivity contribution in [2.24, 2.45) is 13.0 Å². The van der Waals surface area contributed by atoms with Crippen molar-refractivity contribution < 1.29 is 0 Å². The van der Waals surface area contributed by atoms with Gasteiger partial charge in [-0.2, -0.15) is 5.10 Å². The SMILES string of the molecule is CNCC1CCN(C(C)C)C1c1cnn(C)c1. The minimum absolute atomic E-state index is 0.524. The van der Waals surface area contributed by atoms with Crippen molar-refractivity contribution in [3.05, 3.63) is 18.0 Å². The fourth-order valence-electron chi connectivity index (χ4n) is 2.99. The maximum atomic E-state index is 4.32. The highest BCUT2D eigenvalue weighted by Gasteiger charge is 2.36. The molecule has 2 rings (SSSR count). The molecule has 1 N–H and O–H groups in total. The summed E-state index contributed by atoms with van der Waals surface area (Å²) in [6.45, 7) is 6.85. The molecule has 1 aliphatic rings. The van der Waals surface area contributed by atoms with E-state index in [-0.39, 0.29) is 0 Å². The van der Waals surface area contributed by atoms with Gasteiger partial charge in [0, 0.05) is 30.9 Å². The average molecular weight is 236 g/mol. The Labute approximate surface area is 104 Å². The Kier molecular flexibility index (Phi) is 3.84. The number of nitrogens with zero attached hydrogens (tertiary/aromatic N) is 3. The number of aryl methyl sites for hydroxylation is 1. The highest BCUT2D eigenvalue weighted by atomic mass is 15.3. The van der Waals surface area contributed by atoms with Crippen LogP contribution in [-0.2, 0) is 7.05 Å². The second kappa shape index (κ2) is 5.19. The summed E-state index contributed by atoms with van der Waals surface area (Å²) in [5, 5.41) is 7.64. The van der Waals surface area contributed by atoms with Crippen LogP contribution in [0.15, 0.2) is 12.4 Å². The standard InChI is InChI=1S/C13H24N4/c1-10(2)17-6-5-11(7-14-3)13(17)12-8-15-16(4)9-12/h8-11,13-14H,5-7H2,1-4H3. The first kappa shape index (κ1) is 12.6. The van der Waals surface area contributed by atoms with E-state index in [1.807, 2.05) is 25.0 Å². The van der Waals surface area contributed by atoms with E-state index in [4.69, 9.17) is 0 Å². The van der Waals surface area contributed by atoms with Crippen molar-refractivity contribution in [3.63, 3.8) is 0 Å². The highest BCUT2D eigenvalue weighted by molar-refractivity contribution is 5.15. The predicted molar refractivity (Wildman–Crippen MR) is 69.8 cm³/mol. The van der Waals surface area contributed by atoms with E-state index in [2.05, 4.69) is 35.4 Å². The van der Waals surface area contributed by atoms with E-state index in [1.54, 1.807) is 0 Å². The van der Waals surface area contributed by atoms with Gasteiger partial charge in [-0.05, 0) is 46.3 Å². The summed E-state index contributed by atoms with van der Waals surface area (Å²) in [7, 11) is 4.03. The molecule has 1 aliphatic heterocycles. The van der Waals surface area contributed by atoms with Crippen molar-refractivity contribution in [1.82, 2.24) is 20.0 Å². The summed E-state index contributed by atoms with van der Waals surface area (Å²) in [4.78, 5) is 2.60. The molecule has 2 unspecified atom stereocenters. The molecule has 1 saturated heterocycles. The molecule has 0 saturated carbocycles. The summed E-state index contributed by atoms with van der Waals surface area (Å²) < 4.78 is 1.91. The second-order valence-corrected chi connectivity index (χ2v) is 5.33. The molecule has 96 valence electrons. The number of hydrogen-bond acceptors (Lipinski definition) is 3. The molecular formula is C13H24N4. The molecule has 0 aliphatic carbocycles. The third-order valence-corrected chi connectivity index (χ3v) is 3.76. The molecule has 4 heteroatoms. The molecule has 0 bridgehead atoms. The lowest BCUT2D eigenvalue weighted by Gasteiger charge is -2.30. The molecule has 0 amide bonds. The molecule has 1 fully saturated rings. The zero-order chi connectivity index (χ0) is 12.4. The minimum atomic E-state index is 0.524. The third-order valence-electron chi connectivity index (χ3n) is 3.76. The summed E-state index contributed by atoms with van der Waals surface area (Å²) >= 11 is 0. The highest BCUT2D eigenvalue weighted by Crippen LogP contribution is 2.37. The van der Waals surface area contributed by atoms with Crippen LogP contribution in [-0.4, -0.2) is 40.9 Å². The Balaban J connectivity index is 2.22. The number of hydrogen-bond donors (Lipinski definition) is 1. The molecule has 2 heterocycles. The van der Waals surface area contributed by atoms with Gasteiger partial charge in [0.1, 0.15) is 0 Å². The van der Waals surface area contributed by atoms with Gasteiger partial charge in [0.15, 0.2) is 0 Å². The topological polar surface area (TPSA) is 33.1 Å². The molecule has 1 aromatic heterocycles. The molecule has 17 heavy (non-hydrogen) atoms. The molecule has 1 aromatic rings. The quantitative estimate of drug-likeness (QED) is 0.858. The van der Waals surface area contributed by atoms with Gasteiger partial charge in [0.2, 0.25) is 0 Å². The van der Waals surface area contributed by atoms with E-state index >= 15 is 0 Å². The van der Waals surface area contributed by atoms with Crippen molar-refractivity contribution in [2.75, 3.05) is 20.1 Å². The van der Waals surface area contributed by atoms with Crippen LogP contribution in [0.4, 0.5) is 0 Å². The van der Waals surface area contributed by atoms with Crippen LogP contribution >= 0.6 is 0 Å². The maximum Gasteiger partial charge on any atom is 0.0537 e. The molecule has 4 nitrogen and oxygen atoms in total. The van der Waals surface area contributed by atoms with Crippen LogP contribution < -0.4 is 5.32 Å². The smallest absolute Gasteiger partial charge is 0.0537 e. The molecule has 0 radical (unpaired) electrons. The Hall–Kier alpha value is -0.870. The summed E-state index contributed by atoms with van der Waals surface area (Å²) in [6, 6.07) is 1.12. The van der Waals surface area contributed by atoms with Crippen LogP contribution in [0.5, 0.6) is 0 Å². The van der Waals surface area contributed by atoms with Gasteiger partial charge in [-0.25, -0.2) is 0 Å². The predicted octanol–water partition coefficient (Wildman–Crippen LogP) is 1.41. The first-order chi connectivity index (χ1) is 8.13. The Morgan fingerprint density at radius 2 is 2.29 bits per heavy atom. The van der Waals surface area contributed by atoms with Crippen molar-refractivity contribution >= 4 is 0 Å². The molecule has 0 aromatic carbocycles. The lowest BCUT2D eigenvalue weighted by atomic mass is 9.95. The number of rotatable bonds is 4. The zero-order valence-corrected chi connectivity index (χ0v) is 11.3. The summed E-state index contributed by atoms with van der Waals surface area (Å²) in [5.41, 5.74) is 1.36. The van der Waals surface area contributed by atoms with E-state index in [1.165, 1.54) is 18.5 Å². The van der Waals surface area contributed by atoms with Gasteiger partial charge in [-0.15, -0.1) is 0 Å². The first-order valence-electron chi connectivity index (χ1n) is 6.52. The van der Waals surface area contributed by atoms with Crippen LogP contribution in [0, 0.1) is 5.92 Å². The number of likely N-dealkylation sites (tertiary alicyclic amines) is 1. The van der Waals surface area contributed by atoms with Gasteiger partial charge < -0.3 is 5.32 Å². The fourth-order valence-corrected chi connectivity index (χ4v) is 2.99. The van der Waals surface area contributed by atoms with Crippen LogP contribution in [0.3, 0.4) is 0 Å². The monoisotopic (exact) mass is 236 g/mol. The second-order valence-electron chi connectivity index (χ2n) is 5.33. The summed E-state index contributed by atoms with van der Waals surface area (Å²) in [6.07, 6.45) is 5.46. The van der Waals surface area contributed by atoms with E-state index in [9.17, 15) is 0 Å². The van der Waals surface area contributed by atoms with E-state index in [0.717, 1.165) is 6.54 Å². The van der Waals surface area contributed by atoms with Gasteiger partial charge >= 0.3 is 0 Å². The first-order valence-corrected chi connectivity index (χ1v) is 6.52. The summed E-state index contributed by atoms with van der Waals surface area (Å²) in [5.74, 6) is 0.701. The Morgan fingerprint density at radius 3 is 2.82 bits per heavy atom. The largest absolute Gasteiger partial charge is 0.319 e. The van der Waals surface area contributed by atoms with Gasteiger partial charge in [0.25, 0.3) is 0 Å². The lowest BCUT2D eigenvalue weighted by molar-refractivity contribution is 0.182. The number of aromatic nitrogens is 2. The van der Waals surface area contributed by atoms with Gasteiger partial charge in [0.05, 0.1) is 6.20 Å². The minimum Gasteiger partial charge on any atom is -0.319 e. The van der Waals surface area contributed by atoms with Gasteiger partial charge in [-0.3, -0.25) is 9.58 Å². The average Bonchev–Trinajstić information content (AvgIpc) is 2.84. The molecule has 0 spiro atoms. The normalized spacial score (nSPS) is 25.9. The van der Waals surface area contributed by atoms with Crippen molar-refractivity contribution in [1.29, 1.82) is 0 Å². The number of nitrogens with one attached hydrogen (secondary N) is 1. The van der Waals surface area contributed by atoms with Crippen molar-refractivity contribution in [2.45, 2.75) is 32.4 Å². The molecular weight excluding hydrogens is 212 g/mol. The van der Waals surface area contributed by atoms with Crippen LogP contribution in [0.1, 0.15) is 31.9 Å². The van der Waals surface area contributed by atoms with E-state index < -0.39 is 0 Å². The fraction of sp³-hybridized carbons (Fsp3) is 0.769. The van der Waals surface area contributed by atoms with Crippen molar-refractivity contribution in [3.8, 4) is 0 Å². The Bertz CT molecular complexity index is 358. The zero-order valence-electron chi connectivity index (χ0n) is 11.3. The maximum absolute atomic E-state index is 4.32. The van der Waals surface area contributed by atoms with Crippen LogP contribution in [0.2, 0.25) is 0 Å². The van der Waals surface area contributed by atoms with Crippen LogP contribution in [0.25, 0.3) is 0 Å². The van der Waals surface area contributed by atoms with Gasteiger partial charge in [-0.1, -0.05) is 0 Å². The Morgan fingerprint density at radius 1 is 1.53 bits per heavy atom. The van der Waals surface area contributed by atoms with E-state index in [0.29, 0.717) is 18.0 Å². The third kappa shape index (κ3) is 2.53. The lowest BCUT2D eigenvalue weighted by Crippen LogP contribution is -2.33.